The van der Waals surface area contributed by atoms with Crippen molar-refractivity contribution in [2.75, 3.05) is 26.0 Å². The zero-order valence-electron chi connectivity index (χ0n) is 11.5. The summed E-state index contributed by atoms with van der Waals surface area (Å²) in [5, 5.41) is 12.4. The molecule has 0 atom stereocenters. The van der Waals surface area contributed by atoms with Crippen LogP contribution in [-0.4, -0.2) is 31.1 Å². The molecule has 1 aliphatic carbocycles. The van der Waals surface area contributed by atoms with Gasteiger partial charge in [0, 0.05) is 22.2 Å². The maximum atomic E-state index is 8.92. The van der Waals surface area contributed by atoms with Gasteiger partial charge in [0.2, 0.25) is 0 Å². The van der Waals surface area contributed by atoms with Crippen LogP contribution in [0.3, 0.4) is 0 Å². The van der Waals surface area contributed by atoms with Crippen molar-refractivity contribution in [2.24, 2.45) is 0 Å². The Morgan fingerprint density at radius 1 is 1.37 bits per heavy atom. The van der Waals surface area contributed by atoms with E-state index in [0.717, 1.165) is 16.7 Å². The van der Waals surface area contributed by atoms with E-state index in [4.69, 9.17) is 5.26 Å². The van der Waals surface area contributed by atoms with Crippen LogP contribution in [0.2, 0.25) is 0 Å². The zero-order chi connectivity index (χ0) is 13.9. The third kappa shape index (κ3) is 3.10. The van der Waals surface area contributed by atoms with Gasteiger partial charge in [-0.15, -0.1) is 0 Å². The van der Waals surface area contributed by atoms with Crippen LogP contribution >= 0.6 is 15.9 Å². The highest BCUT2D eigenvalue weighted by Gasteiger charge is 2.35. The normalized spacial score (nSPS) is 17.4. The maximum absolute atomic E-state index is 8.92. The topological polar surface area (TPSA) is 39.1 Å². The Hall–Kier alpha value is -1.05. The maximum Gasteiger partial charge on any atom is 0.100 e. The van der Waals surface area contributed by atoms with Crippen LogP contribution in [0.1, 0.15) is 31.2 Å². The molecule has 0 radical (unpaired) electrons. The van der Waals surface area contributed by atoms with Gasteiger partial charge in [-0.25, -0.2) is 0 Å². The van der Waals surface area contributed by atoms with Crippen LogP contribution in [0, 0.1) is 11.3 Å². The van der Waals surface area contributed by atoms with Crippen molar-refractivity contribution < 1.29 is 0 Å². The molecule has 1 saturated carbocycles. The molecular formula is C15H20BrN3. The van der Waals surface area contributed by atoms with E-state index in [0.29, 0.717) is 5.56 Å². The van der Waals surface area contributed by atoms with Gasteiger partial charge in [0.25, 0.3) is 0 Å². The van der Waals surface area contributed by atoms with Gasteiger partial charge < -0.3 is 10.2 Å². The van der Waals surface area contributed by atoms with E-state index >= 15 is 0 Å². The van der Waals surface area contributed by atoms with Crippen molar-refractivity contribution in [1.82, 2.24) is 4.90 Å². The molecule has 1 aromatic carbocycles. The predicted octanol–water partition coefficient (Wildman–Crippen LogP) is 3.61. The van der Waals surface area contributed by atoms with Gasteiger partial charge in [0.1, 0.15) is 6.07 Å². The minimum atomic E-state index is 0.278. The molecule has 0 amide bonds. The summed E-state index contributed by atoms with van der Waals surface area (Å²) < 4.78 is 0.852. The second-order valence-electron chi connectivity index (χ2n) is 5.49. The molecule has 102 valence electrons. The molecule has 0 aromatic heterocycles. The first-order valence-electron chi connectivity index (χ1n) is 6.68. The van der Waals surface area contributed by atoms with Crippen molar-refractivity contribution >= 4 is 21.6 Å². The van der Waals surface area contributed by atoms with Gasteiger partial charge in [-0.05, 0) is 61.1 Å². The molecule has 1 aliphatic rings. The van der Waals surface area contributed by atoms with Crippen molar-refractivity contribution in [3.05, 3.63) is 28.2 Å². The Morgan fingerprint density at radius 3 is 2.58 bits per heavy atom. The number of benzene rings is 1. The standard InChI is InChI=1S/C15H20BrN3/c1-19(2)15(7-3-4-8-15)11-18-13-6-5-12(10-17)14(16)9-13/h5-6,9,18H,3-4,7-8,11H2,1-2H3. The number of hydrogen-bond donors (Lipinski definition) is 1. The summed E-state index contributed by atoms with van der Waals surface area (Å²) in [7, 11) is 4.34. The molecule has 1 N–H and O–H groups in total. The number of hydrogen-bond acceptors (Lipinski definition) is 3. The van der Waals surface area contributed by atoms with E-state index in [9.17, 15) is 0 Å². The lowest BCUT2D eigenvalue weighted by Gasteiger charge is -2.36. The predicted molar refractivity (Wildman–Crippen MR) is 82.2 cm³/mol. The SMILES string of the molecule is CN(C)C1(CNc2ccc(C#N)c(Br)c2)CCCC1. The molecule has 3 nitrogen and oxygen atoms in total. The third-order valence-corrected chi connectivity index (χ3v) is 4.85. The highest BCUT2D eigenvalue weighted by atomic mass is 79.9. The third-order valence-electron chi connectivity index (χ3n) is 4.19. The van der Waals surface area contributed by atoms with Crippen molar-refractivity contribution in [3.63, 3.8) is 0 Å². The summed E-state index contributed by atoms with van der Waals surface area (Å²) >= 11 is 3.43. The number of rotatable bonds is 4. The highest BCUT2D eigenvalue weighted by Crippen LogP contribution is 2.34. The van der Waals surface area contributed by atoms with E-state index in [-0.39, 0.29) is 5.54 Å². The van der Waals surface area contributed by atoms with Crippen molar-refractivity contribution in [3.8, 4) is 6.07 Å². The first kappa shape index (κ1) is 14.4. The molecule has 0 saturated heterocycles. The minimum absolute atomic E-state index is 0.278. The van der Waals surface area contributed by atoms with Gasteiger partial charge in [-0.1, -0.05) is 12.8 Å². The average molecular weight is 322 g/mol. The van der Waals surface area contributed by atoms with Gasteiger partial charge in [-0.3, -0.25) is 0 Å². The smallest absolute Gasteiger partial charge is 0.100 e. The number of nitriles is 1. The second-order valence-corrected chi connectivity index (χ2v) is 6.34. The van der Waals surface area contributed by atoms with Crippen LogP contribution in [0.4, 0.5) is 5.69 Å². The van der Waals surface area contributed by atoms with Crippen molar-refractivity contribution in [2.45, 2.75) is 31.2 Å². The Labute approximate surface area is 123 Å². The number of nitrogens with zero attached hydrogens (tertiary/aromatic N) is 2. The number of nitrogens with one attached hydrogen (secondary N) is 1. The lowest BCUT2D eigenvalue weighted by molar-refractivity contribution is 0.172. The Bertz CT molecular complexity index is 485. The molecule has 0 bridgehead atoms. The molecule has 2 rings (SSSR count). The monoisotopic (exact) mass is 321 g/mol. The Morgan fingerprint density at radius 2 is 2.05 bits per heavy atom. The lowest BCUT2D eigenvalue weighted by atomic mass is 9.96. The molecular weight excluding hydrogens is 302 g/mol. The molecule has 0 aliphatic heterocycles. The highest BCUT2D eigenvalue weighted by molar-refractivity contribution is 9.10. The first-order chi connectivity index (χ1) is 9.07. The van der Waals surface area contributed by atoms with Gasteiger partial charge in [0.15, 0.2) is 0 Å². The molecule has 19 heavy (non-hydrogen) atoms. The van der Waals surface area contributed by atoms with Gasteiger partial charge >= 0.3 is 0 Å². The fourth-order valence-corrected chi connectivity index (χ4v) is 3.26. The molecule has 0 spiro atoms. The summed E-state index contributed by atoms with van der Waals surface area (Å²) in [5.74, 6) is 0. The zero-order valence-corrected chi connectivity index (χ0v) is 13.1. The molecule has 4 heteroatoms. The molecule has 1 aromatic rings. The van der Waals surface area contributed by atoms with Gasteiger partial charge in [0.05, 0.1) is 5.56 Å². The van der Waals surface area contributed by atoms with E-state index in [1.54, 1.807) is 0 Å². The molecule has 0 unspecified atom stereocenters. The largest absolute Gasteiger partial charge is 0.383 e. The number of anilines is 1. The fourth-order valence-electron chi connectivity index (χ4n) is 2.80. The van der Waals surface area contributed by atoms with E-state index in [1.165, 1.54) is 25.7 Å². The van der Waals surface area contributed by atoms with Crippen molar-refractivity contribution in [1.29, 1.82) is 5.26 Å². The first-order valence-corrected chi connectivity index (χ1v) is 7.48. The summed E-state index contributed by atoms with van der Waals surface area (Å²) in [6, 6.07) is 7.97. The minimum Gasteiger partial charge on any atom is -0.383 e. The van der Waals surface area contributed by atoms with Crippen LogP contribution in [-0.2, 0) is 0 Å². The van der Waals surface area contributed by atoms with Crippen LogP contribution in [0.5, 0.6) is 0 Å². The number of halogens is 1. The summed E-state index contributed by atoms with van der Waals surface area (Å²) in [6.45, 7) is 0.957. The van der Waals surface area contributed by atoms with Crippen LogP contribution in [0.15, 0.2) is 22.7 Å². The molecule has 0 heterocycles. The summed E-state index contributed by atoms with van der Waals surface area (Å²) in [5.41, 5.74) is 2.02. The van der Waals surface area contributed by atoms with Crippen LogP contribution in [0.25, 0.3) is 0 Å². The summed E-state index contributed by atoms with van der Waals surface area (Å²) in [6.07, 6.45) is 5.14. The second kappa shape index (κ2) is 5.94. The lowest BCUT2D eigenvalue weighted by Crippen LogP contribution is -2.47. The van der Waals surface area contributed by atoms with Crippen LogP contribution < -0.4 is 5.32 Å². The summed E-state index contributed by atoms with van der Waals surface area (Å²) in [4.78, 5) is 2.35. The quantitative estimate of drug-likeness (QED) is 0.920. The molecule has 1 fully saturated rings. The van der Waals surface area contributed by atoms with E-state index < -0.39 is 0 Å². The average Bonchev–Trinajstić information content (AvgIpc) is 2.86. The van der Waals surface area contributed by atoms with E-state index in [2.05, 4.69) is 46.3 Å². The Kier molecular flexibility index (Phi) is 4.49. The fraction of sp³-hybridized carbons (Fsp3) is 0.533. The number of likely N-dealkylation sites (N-methyl/N-ethyl adjacent to an activating group) is 1. The van der Waals surface area contributed by atoms with Gasteiger partial charge in [-0.2, -0.15) is 5.26 Å². The van der Waals surface area contributed by atoms with E-state index in [1.807, 2.05) is 18.2 Å². The Balaban J connectivity index is 2.06.